The van der Waals surface area contributed by atoms with Gasteiger partial charge >= 0.3 is 12.6 Å². The highest BCUT2D eigenvalue weighted by molar-refractivity contribution is 5.95. The Labute approximate surface area is 148 Å². The third-order valence-electron chi connectivity index (χ3n) is 3.17. The predicted molar refractivity (Wildman–Crippen MR) is 89.1 cm³/mol. The number of esters is 1. The van der Waals surface area contributed by atoms with E-state index < -0.39 is 25.1 Å². The van der Waals surface area contributed by atoms with Crippen molar-refractivity contribution in [1.29, 1.82) is 0 Å². The fraction of sp³-hybridized carbons (Fsp3) is 0.222. The monoisotopic (exact) mass is 365 g/mol. The van der Waals surface area contributed by atoms with Gasteiger partial charge in [-0.05, 0) is 42.0 Å². The summed E-state index contributed by atoms with van der Waals surface area (Å²) in [6.45, 7) is -3.05. The number of ether oxygens (including phenoxy) is 3. The summed E-state index contributed by atoms with van der Waals surface area (Å²) in [4.78, 5) is 23.8. The molecule has 0 bridgehead atoms. The first-order valence-electron chi connectivity index (χ1n) is 7.57. The second kappa shape index (κ2) is 9.47. The van der Waals surface area contributed by atoms with Crippen LogP contribution in [-0.2, 0) is 20.9 Å². The summed E-state index contributed by atoms with van der Waals surface area (Å²) >= 11 is 0. The third-order valence-corrected chi connectivity index (χ3v) is 3.17. The Hall–Kier alpha value is -3.00. The Morgan fingerprint density at radius 3 is 2.50 bits per heavy atom. The van der Waals surface area contributed by atoms with Crippen molar-refractivity contribution in [3.05, 3.63) is 59.7 Å². The normalized spacial score (nSPS) is 10.5. The van der Waals surface area contributed by atoms with Gasteiger partial charge < -0.3 is 19.5 Å². The highest BCUT2D eigenvalue weighted by Gasteiger charge is 2.11. The van der Waals surface area contributed by atoms with Crippen LogP contribution in [0.15, 0.2) is 48.5 Å². The van der Waals surface area contributed by atoms with Crippen LogP contribution in [-0.4, -0.2) is 32.2 Å². The molecule has 0 unspecified atom stereocenters. The van der Waals surface area contributed by atoms with E-state index in [2.05, 4.69) is 10.1 Å². The molecule has 6 nitrogen and oxygen atoms in total. The Bertz CT molecular complexity index is 750. The van der Waals surface area contributed by atoms with Gasteiger partial charge in [0, 0.05) is 12.8 Å². The fourth-order valence-corrected chi connectivity index (χ4v) is 2.09. The standard InChI is InChI=1S/C18H17F2NO5/c1-24-10-12-3-2-4-13(9-12)17(23)25-11-16(22)21-14-5-7-15(8-6-14)26-18(19)20/h2-9,18H,10-11H2,1H3,(H,21,22). The summed E-state index contributed by atoms with van der Waals surface area (Å²) in [5.74, 6) is -1.23. The van der Waals surface area contributed by atoms with Crippen molar-refractivity contribution in [3.8, 4) is 5.75 Å². The molecule has 0 aliphatic rings. The lowest BCUT2D eigenvalue weighted by Crippen LogP contribution is -2.21. The van der Waals surface area contributed by atoms with Crippen molar-refractivity contribution in [2.75, 3.05) is 19.0 Å². The van der Waals surface area contributed by atoms with Crippen LogP contribution in [0.25, 0.3) is 0 Å². The summed E-state index contributed by atoms with van der Waals surface area (Å²) in [6.07, 6.45) is 0. The average Bonchev–Trinajstić information content (AvgIpc) is 2.61. The van der Waals surface area contributed by atoms with Crippen molar-refractivity contribution in [2.45, 2.75) is 13.2 Å². The molecule has 2 aromatic carbocycles. The lowest BCUT2D eigenvalue weighted by Gasteiger charge is -2.09. The first kappa shape index (κ1) is 19.3. The quantitative estimate of drug-likeness (QED) is 0.727. The molecule has 138 valence electrons. The molecule has 26 heavy (non-hydrogen) atoms. The van der Waals surface area contributed by atoms with Crippen LogP contribution >= 0.6 is 0 Å². The first-order valence-corrected chi connectivity index (χ1v) is 7.57. The molecule has 0 aliphatic carbocycles. The molecular weight excluding hydrogens is 348 g/mol. The lowest BCUT2D eigenvalue weighted by atomic mass is 10.1. The highest BCUT2D eigenvalue weighted by Crippen LogP contribution is 2.17. The zero-order valence-corrected chi connectivity index (χ0v) is 13.9. The Balaban J connectivity index is 1.84. The number of hydrogen-bond acceptors (Lipinski definition) is 5. The molecule has 0 aliphatic heterocycles. The van der Waals surface area contributed by atoms with Crippen molar-refractivity contribution in [2.24, 2.45) is 0 Å². The highest BCUT2D eigenvalue weighted by atomic mass is 19.3. The molecule has 0 spiro atoms. The van der Waals surface area contributed by atoms with Crippen molar-refractivity contribution >= 4 is 17.6 Å². The van der Waals surface area contributed by atoms with Gasteiger partial charge in [-0.3, -0.25) is 4.79 Å². The maximum atomic E-state index is 12.1. The minimum atomic E-state index is -2.92. The average molecular weight is 365 g/mol. The number of alkyl halides is 2. The zero-order chi connectivity index (χ0) is 18.9. The molecule has 0 saturated heterocycles. The van der Waals surface area contributed by atoms with Gasteiger partial charge in [0.1, 0.15) is 5.75 Å². The van der Waals surface area contributed by atoms with E-state index in [1.165, 1.54) is 24.3 Å². The van der Waals surface area contributed by atoms with Gasteiger partial charge in [-0.2, -0.15) is 8.78 Å². The molecule has 1 amide bonds. The van der Waals surface area contributed by atoms with E-state index in [1.54, 1.807) is 31.4 Å². The van der Waals surface area contributed by atoms with Crippen LogP contribution in [0.4, 0.5) is 14.5 Å². The maximum absolute atomic E-state index is 12.1. The van der Waals surface area contributed by atoms with Gasteiger partial charge in [-0.1, -0.05) is 12.1 Å². The van der Waals surface area contributed by atoms with Crippen LogP contribution in [0.3, 0.4) is 0 Å². The molecule has 2 aromatic rings. The Kier molecular flexibility index (Phi) is 7.04. The molecule has 0 heterocycles. The lowest BCUT2D eigenvalue weighted by molar-refractivity contribution is -0.119. The van der Waals surface area contributed by atoms with Gasteiger partial charge in [0.2, 0.25) is 0 Å². The van der Waals surface area contributed by atoms with Crippen LogP contribution in [0, 0.1) is 0 Å². The van der Waals surface area contributed by atoms with Crippen molar-refractivity contribution in [1.82, 2.24) is 0 Å². The Morgan fingerprint density at radius 1 is 1.12 bits per heavy atom. The number of nitrogens with one attached hydrogen (secondary N) is 1. The molecular formula is C18H17F2NO5. The molecule has 1 N–H and O–H groups in total. The number of halogens is 2. The summed E-state index contributed by atoms with van der Waals surface area (Å²) in [6, 6.07) is 12.0. The summed E-state index contributed by atoms with van der Waals surface area (Å²) in [7, 11) is 1.54. The number of rotatable bonds is 8. The summed E-state index contributed by atoms with van der Waals surface area (Å²) in [5.41, 5.74) is 1.47. The number of carbonyl (C=O) groups excluding carboxylic acids is 2. The topological polar surface area (TPSA) is 73.9 Å². The van der Waals surface area contributed by atoms with E-state index in [4.69, 9.17) is 9.47 Å². The van der Waals surface area contributed by atoms with E-state index in [0.29, 0.717) is 17.9 Å². The fourth-order valence-electron chi connectivity index (χ4n) is 2.09. The summed E-state index contributed by atoms with van der Waals surface area (Å²) < 4.78 is 38.3. The zero-order valence-electron chi connectivity index (χ0n) is 13.9. The van der Waals surface area contributed by atoms with E-state index in [-0.39, 0.29) is 5.75 Å². The van der Waals surface area contributed by atoms with E-state index in [9.17, 15) is 18.4 Å². The minimum absolute atomic E-state index is 0.0274. The number of methoxy groups -OCH3 is 1. The third kappa shape index (κ3) is 6.14. The second-order valence-electron chi connectivity index (χ2n) is 5.16. The minimum Gasteiger partial charge on any atom is -0.452 e. The molecule has 0 saturated carbocycles. The van der Waals surface area contributed by atoms with E-state index >= 15 is 0 Å². The number of benzene rings is 2. The van der Waals surface area contributed by atoms with Gasteiger partial charge in [0.05, 0.1) is 12.2 Å². The van der Waals surface area contributed by atoms with Gasteiger partial charge in [0.15, 0.2) is 6.61 Å². The van der Waals surface area contributed by atoms with E-state index in [0.717, 1.165) is 5.56 Å². The van der Waals surface area contributed by atoms with E-state index in [1.807, 2.05) is 0 Å². The SMILES string of the molecule is COCc1cccc(C(=O)OCC(=O)Nc2ccc(OC(F)F)cc2)c1. The largest absolute Gasteiger partial charge is 0.452 e. The van der Waals surface area contributed by atoms with Gasteiger partial charge in [-0.15, -0.1) is 0 Å². The van der Waals surface area contributed by atoms with Crippen LogP contribution < -0.4 is 10.1 Å². The van der Waals surface area contributed by atoms with Gasteiger partial charge in [0.25, 0.3) is 5.91 Å². The van der Waals surface area contributed by atoms with Crippen molar-refractivity contribution < 1.29 is 32.6 Å². The van der Waals surface area contributed by atoms with Crippen LogP contribution in [0.1, 0.15) is 15.9 Å². The first-order chi connectivity index (χ1) is 12.5. The number of anilines is 1. The smallest absolute Gasteiger partial charge is 0.387 e. The second-order valence-corrected chi connectivity index (χ2v) is 5.16. The maximum Gasteiger partial charge on any atom is 0.387 e. The number of hydrogen-bond donors (Lipinski definition) is 1. The summed E-state index contributed by atoms with van der Waals surface area (Å²) in [5, 5.41) is 2.48. The molecule has 8 heteroatoms. The number of amides is 1. The molecule has 2 rings (SSSR count). The molecule has 0 atom stereocenters. The molecule has 0 radical (unpaired) electrons. The van der Waals surface area contributed by atoms with Crippen LogP contribution in [0.2, 0.25) is 0 Å². The Morgan fingerprint density at radius 2 is 1.85 bits per heavy atom. The molecule has 0 aromatic heterocycles. The number of carbonyl (C=O) groups is 2. The van der Waals surface area contributed by atoms with Crippen LogP contribution in [0.5, 0.6) is 5.75 Å². The predicted octanol–water partition coefficient (Wildman–Crippen LogP) is 3.23. The van der Waals surface area contributed by atoms with Gasteiger partial charge in [-0.25, -0.2) is 4.79 Å². The van der Waals surface area contributed by atoms with Crippen molar-refractivity contribution in [3.63, 3.8) is 0 Å². The molecule has 0 fully saturated rings.